The van der Waals surface area contributed by atoms with E-state index in [1.54, 1.807) is 7.05 Å². The van der Waals surface area contributed by atoms with Gasteiger partial charge in [0.2, 0.25) is 0 Å². The largest absolute Gasteiger partial charge is 0.353 e. The molecule has 0 spiro atoms. The lowest BCUT2D eigenvalue weighted by Crippen LogP contribution is -2.37. The van der Waals surface area contributed by atoms with Gasteiger partial charge in [0.25, 0.3) is 0 Å². The minimum Gasteiger partial charge on any atom is -0.353 e. The van der Waals surface area contributed by atoms with Crippen molar-refractivity contribution in [2.24, 2.45) is 4.99 Å². The maximum absolute atomic E-state index is 4.24. The quantitative estimate of drug-likeness (QED) is 0.283. The Morgan fingerprint density at radius 3 is 2.52 bits per heavy atom. The van der Waals surface area contributed by atoms with Crippen molar-refractivity contribution in [3.05, 3.63) is 48.0 Å². The number of guanidine groups is 1. The fourth-order valence-electron chi connectivity index (χ4n) is 3.37. The van der Waals surface area contributed by atoms with Crippen molar-refractivity contribution in [3.63, 3.8) is 0 Å². The fourth-order valence-corrected chi connectivity index (χ4v) is 3.37. The molecule has 5 heteroatoms. The van der Waals surface area contributed by atoms with Crippen LogP contribution in [0.25, 0.3) is 0 Å². The number of rotatable bonds is 7. The topological polar surface area (TPSA) is 39.7 Å². The van der Waals surface area contributed by atoms with Gasteiger partial charge in [0, 0.05) is 32.7 Å². The fraction of sp³-hybridized carbons (Fsp3) is 0.550. The second-order valence-corrected chi connectivity index (χ2v) is 6.57. The molecule has 1 aliphatic carbocycles. The molecule has 2 N–H and O–H groups in total. The first-order valence-corrected chi connectivity index (χ1v) is 9.07. The van der Waals surface area contributed by atoms with Gasteiger partial charge in [0.05, 0.1) is 0 Å². The van der Waals surface area contributed by atoms with Crippen LogP contribution in [0.3, 0.4) is 0 Å². The molecule has 1 aromatic carbocycles. The zero-order valence-electron chi connectivity index (χ0n) is 15.6. The van der Waals surface area contributed by atoms with Crippen LogP contribution in [0, 0.1) is 0 Å². The number of benzene rings is 1. The van der Waals surface area contributed by atoms with Crippen LogP contribution >= 0.6 is 24.0 Å². The molecule has 0 aromatic heterocycles. The second kappa shape index (κ2) is 12.3. The van der Waals surface area contributed by atoms with E-state index in [9.17, 15) is 0 Å². The Balaban J connectivity index is 0.00000312. The Bertz CT molecular complexity index is 538. The van der Waals surface area contributed by atoms with Crippen LogP contribution < -0.4 is 10.6 Å². The van der Waals surface area contributed by atoms with Gasteiger partial charge >= 0.3 is 0 Å². The Hall–Kier alpha value is -1.08. The summed E-state index contributed by atoms with van der Waals surface area (Å²) < 4.78 is 0. The predicted octanol–water partition coefficient (Wildman–Crippen LogP) is 3.92. The van der Waals surface area contributed by atoms with Crippen molar-refractivity contribution >= 4 is 29.9 Å². The Labute approximate surface area is 170 Å². The molecule has 4 nitrogen and oxygen atoms in total. The van der Waals surface area contributed by atoms with Gasteiger partial charge in [-0.3, -0.25) is 9.89 Å². The molecule has 0 aliphatic heterocycles. The number of hydrogen-bond acceptors (Lipinski definition) is 2. The summed E-state index contributed by atoms with van der Waals surface area (Å²) in [5.41, 5.74) is 2.74. The lowest BCUT2D eigenvalue weighted by Gasteiger charge is -2.31. The highest BCUT2D eigenvalue weighted by atomic mass is 127. The van der Waals surface area contributed by atoms with Crippen molar-refractivity contribution in [2.75, 3.05) is 20.6 Å². The molecule has 0 amide bonds. The first kappa shape index (κ1) is 22.0. The minimum absolute atomic E-state index is 0. The minimum atomic E-state index is 0. The molecule has 1 fully saturated rings. The summed E-state index contributed by atoms with van der Waals surface area (Å²) >= 11 is 0. The summed E-state index contributed by atoms with van der Waals surface area (Å²) in [4.78, 5) is 6.77. The molecular formula is C20H33IN4. The molecule has 0 heterocycles. The maximum atomic E-state index is 4.24. The molecule has 0 saturated heterocycles. The smallest absolute Gasteiger partial charge is 0.191 e. The van der Waals surface area contributed by atoms with Crippen LogP contribution in [-0.4, -0.2) is 37.5 Å². The first-order valence-electron chi connectivity index (χ1n) is 9.07. The van der Waals surface area contributed by atoms with Gasteiger partial charge in [0.15, 0.2) is 5.96 Å². The zero-order chi connectivity index (χ0) is 17.2. The highest BCUT2D eigenvalue weighted by Crippen LogP contribution is 2.23. The lowest BCUT2D eigenvalue weighted by atomic mass is 9.94. The van der Waals surface area contributed by atoms with Crippen molar-refractivity contribution in [1.29, 1.82) is 0 Å². The van der Waals surface area contributed by atoms with E-state index in [1.807, 2.05) is 6.08 Å². The SMILES string of the molecule is C=CCNC(=NC)NCc1ccccc1CN(C)C1CCCCC1.I. The molecule has 0 bridgehead atoms. The number of halogens is 1. The summed E-state index contributed by atoms with van der Waals surface area (Å²) in [5, 5.41) is 6.60. The molecule has 1 aliphatic rings. The van der Waals surface area contributed by atoms with Crippen LogP contribution in [0.4, 0.5) is 0 Å². The highest BCUT2D eigenvalue weighted by Gasteiger charge is 2.18. The highest BCUT2D eigenvalue weighted by molar-refractivity contribution is 14.0. The number of nitrogens with zero attached hydrogens (tertiary/aromatic N) is 2. The Morgan fingerprint density at radius 1 is 1.20 bits per heavy atom. The Kier molecular flexibility index (Phi) is 10.8. The van der Waals surface area contributed by atoms with Gasteiger partial charge in [-0.25, -0.2) is 0 Å². The van der Waals surface area contributed by atoms with Gasteiger partial charge in [-0.1, -0.05) is 49.6 Å². The van der Waals surface area contributed by atoms with Crippen molar-refractivity contribution < 1.29 is 0 Å². The van der Waals surface area contributed by atoms with E-state index < -0.39 is 0 Å². The van der Waals surface area contributed by atoms with E-state index in [1.165, 1.54) is 43.2 Å². The average Bonchev–Trinajstić information content (AvgIpc) is 2.63. The molecule has 1 saturated carbocycles. The van der Waals surface area contributed by atoms with Crippen LogP contribution in [0.1, 0.15) is 43.2 Å². The van der Waals surface area contributed by atoms with Crippen molar-refractivity contribution in [1.82, 2.24) is 15.5 Å². The summed E-state index contributed by atoms with van der Waals surface area (Å²) in [6.45, 7) is 6.24. The normalized spacial score (nSPS) is 15.6. The third kappa shape index (κ3) is 7.36. The number of nitrogens with one attached hydrogen (secondary N) is 2. The number of aliphatic imine (C=N–C) groups is 1. The zero-order valence-corrected chi connectivity index (χ0v) is 18.0. The first-order chi connectivity index (χ1) is 11.7. The summed E-state index contributed by atoms with van der Waals surface area (Å²) in [5.74, 6) is 0.810. The van der Waals surface area contributed by atoms with E-state index >= 15 is 0 Å². The molecule has 2 rings (SSSR count). The average molecular weight is 456 g/mol. The summed E-state index contributed by atoms with van der Waals surface area (Å²) in [6.07, 6.45) is 8.68. The molecule has 25 heavy (non-hydrogen) atoms. The van der Waals surface area contributed by atoms with Gasteiger partial charge in [-0.15, -0.1) is 30.6 Å². The summed E-state index contributed by atoms with van der Waals surface area (Å²) in [6, 6.07) is 9.44. The van der Waals surface area contributed by atoms with Gasteiger partial charge in [-0.2, -0.15) is 0 Å². The monoisotopic (exact) mass is 456 g/mol. The lowest BCUT2D eigenvalue weighted by molar-refractivity contribution is 0.184. The summed E-state index contributed by atoms with van der Waals surface area (Å²) in [7, 11) is 4.06. The standard InChI is InChI=1S/C20H32N4.HI/c1-4-14-22-20(21-2)23-15-17-10-8-9-11-18(17)16-24(3)19-12-6-5-7-13-19;/h4,8-11,19H,1,5-7,12-16H2,2-3H3,(H2,21,22,23);1H. The van der Waals surface area contributed by atoms with E-state index in [0.717, 1.165) is 25.1 Å². The van der Waals surface area contributed by atoms with E-state index in [0.29, 0.717) is 6.54 Å². The third-order valence-corrected chi connectivity index (χ3v) is 4.82. The molecule has 140 valence electrons. The van der Waals surface area contributed by atoms with Gasteiger partial charge < -0.3 is 10.6 Å². The van der Waals surface area contributed by atoms with Gasteiger partial charge in [-0.05, 0) is 31.0 Å². The molecule has 1 aromatic rings. The Morgan fingerprint density at radius 2 is 1.88 bits per heavy atom. The van der Waals surface area contributed by atoms with Gasteiger partial charge in [0.1, 0.15) is 0 Å². The van der Waals surface area contributed by atoms with E-state index in [-0.39, 0.29) is 24.0 Å². The van der Waals surface area contributed by atoms with Crippen molar-refractivity contribution in [2.45, 2.75) is 51.2 Å². The molecular weight excluding hydrogens is 423 g/mol. The molecule has 0 atom stereocenters. The molecule has 0 radical (unpaired) electrons. The van der Waals surface area contributed by atoms with E-state index in [2.05, 4.69) is 58.4 Å². The van der Waals surface area contributed by atoms with Crippen LogP contribution in [-0.2, 0) is 13.1 Å². The maximum Gasteiger partial charge on any atom is 0.191 e. The molecule has 0 unspecified atom stereocenters. The van der Waals surface area contributed by atoms with Crippen LogP contribution in [0.2, 0.25) is 0 Å². The number of hydrogen-bond donors (Lipinski definition) is 2. The van der Waals surface area contributed by atoms with Crippen LogP contribution in [0.5, 0.6) is 0 Å². The van der Waals surface area contributed by atoms with Crippen molar-refractivity contribution in [3.8, 4) is 0 Å². The van der Waals surface area contributed by atoms with E-state index in [4.69, 9.17) is 0 Å². The third-order valence-electron chi connectivity index (χ3n) is 4.82. The second-order valence-electron chi connectivity index (χ2n) is 6.57. The predicted molar refractivity (Wildman–Crippen MR) is 119 cm³/mol. The van der Waals surface area contributed by atoms with Crippen LogP contribution in [0.15, 0.2) is 41.9 Å².